The van der Waals surface area contributed by atoms with Gasteiger partial charge in [-0.3, -0.25) is 0 Å². The second-order valence-electron chi connectivity index (χ2n) is 3.84. The molecule has 0 amide bonds. The smallest absolute Gasteiger partial charge is 0.255 e. The summed E-state index contributed by atoms with van der Waals surface area (Å²) in [4.78, 5) is 0. The van der Waals surface area contributed by atoms with Crippen molar-refractivity contribution in [3.05, 3.63) is 41.8 Å². The van der Waals surface area contributed by atoms with E-state index in [2.05, 4.69) is 5.10 Å². The number of primary sulfonamides is 1. The highest BCUT2D eigenvalue weighted by Crippen LogP contribution is 2.17. The van der Waals surface area contributed by atoms with E-state index in [4.69, 9.17) is 9.88 Å². The van der Waals surface area contributed by atoms with Gasteiger partial charge in [-0.25, -0.2) is 22.6 Å². The van der Waals surface area contributed by atoms with E-state index >= 15 is 0 Å². The minimum Gasteiger partial charge on any atom is -0.378 e. The maximum Gasteiger partial charge on any atom is 0.255 e. The fourth-order valence-corrected chi connectivity index (χ4v) is 2.29. The average molecular weight is 285 g/mol. The van der Waals surface area contributed by atoms with Crippen molar-refractivity contribution in [1.29, 1.82) is 0 Å². The Bertz CT molecular complexity index is 680. The van der Waals surface area contributed by atoms with Crippen molar-refractivity contribution in [2.75, 3.05) is 7.11 Å². The summed E-state index contributed by atoms with van der Waals surface area (Å²) in [6, 6.07) is 6.56. The normalized spacial score (nSPS) is 11.7. The lowest BCUT2D eigenvalue weighted by Crippen LogP contribution is -2.17. The first-order valence-electron chi connectivity index (χ1n) is 5.28. The van der Waals surface area contributed by atoms with E-state index in [1.54, 1.807) is 0 Å². The monoisotopic (exact) mass is 285 g/mol. The molecule has 2 rings (SSSR count). The molecule has 0 atom stereocenters. The molecule has 0 spiro atoms. The number of nitrogens with zero attached hydrogens (tertiary/aromatic N) is 2. The van der Waals surface area contributed by atoms with Crippen LogP contribution in [0.1, 0.15) is 5.69 Å². The van der Waals surface area contributed by atoms with E-state index < -0.39 is 15.8 Å². The summed E-state index contributed by atoms with van der Waals surface area (Å²) in [6.45, 7) is 0.150. The van der Waals surface area contributed by atoms with Crippen molar-refractivity contribution in [1.82, 2.24) is 9.78 Å². The SMILES string of the molecule is COCc1cc(S(N)(=O)=O)n(-c2ccc(F)cc2)n1. The van der Waals surface area contributed by atoms with Gasteiger partial charge in [-0.1, -0.05) is 0 Å². The van der Waals surface area contributed by atoms with Crippen molar-refractivity contribution in [2.24, 2.45) is 5.14 Å². The van der Waals surface area contributed by atoms with Gasteiger partial charge < -0.3 is 4.74 Å². The first kappa shape index (κ1) is 13.7. The molecule has 8 heteroatoms. The van der Waals surface area contributed by atoms with Crippen LogP contribution < -0.4 is 5.14 Å². The minimum absolute atomic E-state index is 0.150. The first-order valence-corrected chi connectivity index (χ1v) is 6.83. The van der Waals surface area contributed by atoms with E-state index in [1.807, 2.05) is 0 Å². The number of sulfonamides is 1. The van der Waals surface area contributed by atoms with Gasteiger partial charge in [0.05, 0.1) is 18.0 Å². The van der Waals surface area contributed by atoms with E-state index in [-0.39, 0.29) is 11.6 Å². The van der Waals surface area contributed by atoms with E-state index in [0.717, 1.165) is 4.68 Å². The molecule has 6 nitrogen and oxygen atoms in total. The molecule has 1 heterocycles. The zero-order valence-corrected chi connectivity index (χ0v) is 10.9. The van der Waals surface area contributed by atoms with Crippen LogP contribution in [-0.2, 0) is 21.4 Å². The van der Waals surface area contributed by atoms with E-state index in [9.17, 15) is 12.8 Å². The molecule has 19 heavy (non-hydrogen) atoms. The summed E-state index contributed by atoms with van der Waals surface area (Å²) < 4.78 is 41.9. The van der Waals surface area contributed by atoms with Crippen LogP contribution in [-0.4, -0.2) is 25.3 Å². The molecule has 1 aromatic carbocycles. The largest absolute Gasteiger partial charge is 0.378 e. The zero-order valence-electron chi connectivity index (χ0n) is 10.1. The molecule has 0 aliphatic carbocycles. The second kappa shape index (κ2) is 5.08. The van der Waals surface area contributed by atoms with Gasteiger partial charge in [0.2, 0.25) is 0 Å². The summed E-state index contributed by atoms with van der Waals surface area (Å²) in [5.41, 5.74) is 0.809. The number of ether oxygens (including phenoxy) is 1. The molecule has 0 saturated carbocycles. The molecular weight excluding hydrogens is 273 g/mol. The van der Waals surface area contributed by atoms with Gasteiger partial charge in [-0.05, 0) is 24.3 Å². The predicted molar refractivity (Wildman–Crippen MR) is 65.6 cm³/mol. The van der Waals surface area contributed by atoms with Gasteiger partial charge >= 0.3 is 0 Å². The third-order valence-corrected chi connectivity index (χ3v) is 3.26. The van der Waals surface area contributed by atoms with Gasteiger partial charge in [0.1, 0.15) is 5.82 Å². The lowest BCUT2D eigenvalue weighted by atomic mass is 10.3. The van der Waals surface area contributed by atoms with Crippen LogP contribution >= 0.6 is 0 Å². The molecule has 0 fully saturated rings. The highest BCUT2D eigenvalue weighted by molar-refractivity contribution is 7.89. The van der Waals surface area contributed by atoms with Crippen LogP contribution in [0.2, 0.25) is 0 Å². The van der Waals surface area contributed by atoms with E-state index in [1.165, 1.54) is 37.4 Å². The topological polar surface area (TPSA) is 87.2 Å². The van der Waals surface area contributed by atoms with Crippen LogP contribution in [0.25, 0.3) is 5.69 Å². The Balaban J connectivity index is 2.57. The zero-order chi connectivity index (χ0) is 14.0. The molecular formula is C11H12FN3O3S. The van der Waals surface area contributed by atoms with Crippen LogP contribution in [0.3, 0.4) is 0 Å². The molecule has 0 saturated heterocycles. The van der Waals surface area contributed by atoms with Crippen molar-refractivity contribution in [2.45, 2.75) is 11.6 Å². The maximum absolute atomic E-state index is 12.9. The molecule has 0 bridgehead atoms. The quantitative estimate of drug-likeness (QED) is 0.900. The van der Waals surface area contributed by atoms with Crippen LogP contribution in [0.15, 0.2) is 35.4 Å². The third kappa shape index (κ3) is 2.98. The lowest BCUT2D eigenvalue weighted by molar-refractivity contribution is 0.181. The van der Waals surface area contributed by atoms with Gasteiger partial charge in [0, 0.05) is 13.2 Å². The summed E-state index contributed by atoms with van der Waals surface area (Å²) in [5.74, 6) is -0.426. The van der Waals surface area contributed by atoms with Crippen LogP contribution in [0.5, 0.6) is 0 Å². The number of methoxy groups -OCH3 is 1. The fourth-order valence-electron chi connectivity index (χ4n) is 1.60. The molecule has 2 N–H and O–H groups in total. The Kier molecular flexibility index (Phi) is 3.65. The highest BCUT2D eigenvalue weighted by Gasteiger charge is 2.18. The number of hydrogen-bond acceptors (Lipinski definition) is 4. The van der Waals surface area contributed by atoms with Gasteiger partial charge in [-0.2, -0.15) is 5.10 Å². The molecule has 0 radical (unpaired) electrons. The molecule has 102 valence electrons. The first-order chi connectivity index (χ1) is 8.91. The Labute approximate surface area is 109 Å². The van der Waals surface area contributed by atoms with Crippen molar-refractivity contribution < 1.29 is 17.5 Å². The molecule has 0 aliphatic heterocycles. The predicted octanol–water partition coefficient (Wildman–Crippen LogP) is 0.805. The second-order valence-corrected chi connectivity index (χ2v) is 5.35. The molecule has 0 aliphatic rings. The number of hydrogen-bond donors (Lipinski definition) is 1. The third-order valence-electron chi connectivity index (χ3n) is 2.38. The summed E-state index contributed by atoms with van der Waals surface area (Å²) in [7, 11) is -2.47. The van der Waals surface area contributed by atoms with Gasteiger partial charge in [-0.15, -0.1) is 0 Å². The average Bonchev–Trinajstić information content (AvgIpc) is 2.74. The molecule has 0 unspecified atom stereocenters. The Morgan fingerprint density at radius 3 is 2.53 bits per heavy atom. The van der Waals surface area contributed by atoms with Crippen molar-refractivity contribution >= 4 is 10.0 Å². The fraction of sp³-hybridized carbons (Fsp3) is 0.182. The summed E-state index contributed by atoms with van der Waals surface area (Å²) in [6.07, 6.45) is 0. The highest BCUT2D eigenvalue weighted by atomic mass is 32.2. The Morgan fingerprint density at radius 1 is 1.37 bits per heavy atom. The maximum atomic E-state index is 12.9. The number of rotatable bonds is 4. The van der Waals surface area contributed by atoms with Crippen molar-refractivity contribution in [3.8, 4) is 5.69 Å². The molecule has 2 aromatic rings. The number of halogens is 1. The van der Waals surface area contributed by atoms with Crippen LogP contribution in [0.4, 0.5) is 4.39 Å². The Hall–Kier alpha value is -1.77. The summed E-state index contributed by atoms with van der Waals surface area (Å²) in [5, 5.41) is 9.03. The van der Waals surface area contributed by atoms with E-state index in [0.29, 0.717) is 11.4 Å². The van der Waals surface area contributed by atoms with Gasteiger partial charge in [0.15, 0.2) is 5.03 Å². The number of benzene rings is 1. The molecule has 1 aromatic heterocycles. The lowest BCUT2D eigenvalue weighted by Gasteiger charge is -2.05. The summed E-state index contributed by atoms with van der Waals surface area (Å²) >= 11 is 0. The Morgan fingerprint density at radius 2 is 2.00 bits per heavy atom. The minimum atomic E-state index is -3.94. The van der Waals surface area contributed by atoms with Crippen molar-refractivity contribution in [3.63, 3.8) is 0 Å². The van der Waals surface area contributed by atoms with Gasteiger partial charge in [0.25, 0.3) is 10.0 Å². The van der Waals surface area contributed by atoms with Crippen LogP contribution in [0, 0.1) is 5.82 Å². The number of aromatic nitrogens is 2. The standard InChI is InChI=1S/C11H12FN3O3S/c1-18-7-9-6-11(19(13,16)17)15(14-9)10-4-2-8(12)3-5-10/h2-6H,7H2,1H3,(H2,13,16,17). The number of nitrogens with two attached hydrogens (primary N) is 1.